The number of carbonyl (C=O) groups excluding carboxylic acids is 2. The molecular weight excluding hydrogens is 396 g/mol. The van der Waals surface area contributed by atoms with Crippen molar-refractivity contribution in [1.82, 2.24) is 4.98 Å². The zero-order chi connectivity index (χ0) is 20.1. The second-order valence-corrected chi connectivity index (χ2v) is 7.36. The number of aromatic nitrogens is 1. The van der Waals surface area contributed by atoms with Gasteiger partial charge in [0, 0.05) is 17.3 Å². The largest absolute Gasteiger partial charge is 0.456 e. The third-order valence-electron chi connectivity index (χ3n) is 4.06. The van der Waals surface area contributed by atoms with Crippen LogP contribution in [0, 0.1) is 0 Å². The molecule has 1 heterocycles. The minimum atomic E-state index is -0.476. The van der Waals surface area contributed by atoms with Crippen LogP contribution in [0.1, 0.15) is 35.5 Å². The standard InChI is InChI=1S/C21H19ClN2O3S/c1-3-15-7-9-19(10-8-15)24(14(2)25)21-23-18(13-28-21)12-27-20(26)16-5-4-6-17(22)11-16/h4-11,13H,3,12H2,1-2H3. The third kappa shape index (κ3) is 4.77. The number of aryl methyl sites for hydroxylation is 1. The molecule has 0 aliphatic heterocycles. The van der Waals surface area contributed by atoms with Crippen molar-refractivity contribution in [1.29, 1.82) is 0 Å². The summed E-state index contributed by atoms with van der Waals surface area (Å²) in [7, 11) is 0. The van der Waals surface area contributed by atoms with Gasteiger partial charge < -0.3 is 4.74 Å². The number of thiazole rings is 1. The molecule has 1 amide bonds. The number of ether oxygens (including phenoxy) is 1. The zero-order valence-corrected chi connectivity index (χ0v) is 17.1. The average Bonchev–Trinajstić information content (AvgIpc) is 3.15. The van der Waals surface area contributed by atoms with E-state index in [0.29, 0.717) is 21.4 Å². The minimum absolute atomic E-state index is 0.0162. The van der Waals surface area contributed by atoms with E-state index in [4.69, 9.17) is 16.3 Å². The molecule has 3 rings (SSSR count). The molecule has 3 aromatic rings. The van der Waals surface area contributed by atoms with Gasteiger partial charge in [-0.25, -0.2) is 9.78 Å². The number of anilines is 2. The molecule has 0 unspecified atom stereocenters. The van der Waals surface area contributed by atoms with Gasteiger partial charge in [0.05, 0.1) is 16.9 Å². The summed E-state index contributed by atoms with van der Waals surface area (Å²) in [6.45, 7) is 3.59. The Bertz CT molecular complexity index is 985. The van der Waals surface area contributed by atoms with E-state index in [1.807, 2.05) is 24.3 Å². The number of esters is 1. The molecule has 0 atom stereocenters. The van der Waals surface area contributed by atoms with Crippen LogP contribution in [0.4, 0.5) is 10.8 Å². The maximum atomic E-state index is 12.2. The van der Waals surface area contributed by atoms with Crippen LogP contribution in [0.25, 0.3) is 0 Å². The van der Waals surface area contributed by atoms with E-state index in [9.17, 15) is 9.59 Å². The fourth-order valence-electron chi connectivity index (χ4n) is 2.61. The maximum Gasteiger partial charge on any atom is 0.338 e. The number of carbonyl (C=O) groups is 2. The molecular formula is C21H19ClN2O3S. The van der Waals surface area contributed by atoms with Crippen LogP contribution in [0.3, 0.4) is 0 Å². The molecule has 0 radical (unpaired) electrons. The van der Waals surface area contributed by atoms with Crippen LogP contribution in [0.15, 0.2) is 53.9 Å². The van der Waals surface area contributed by atoms with Crippen LogP contribution in [-0.4, -0.2) is 16.9 Å². The number of hydrogen-bond donors (Lipinski definition) is 0. The topological polar surface area (TPSA) is 59.5 Å². The molecule has 0 aliphatic carbocycles. The van der Waals surface area contributed by atoms with Crippen molar-refractivity contribution in [2.24, 2.45) is 0 Å². The van der Waals surface area contributed by atoms with Crippen molar-refractivity contribution in [3.05, 3.63) is 75.8 Å². The van der Waals surface area contributed by atoms with E-state index >= 15 is 0 Å². The highest BCUT2D eigenvalue weighted by Gasteiger charge is 2.18. The molecule has 0 bridgehead atoms. The fourth-order valence-corrected chi connectivity index (χ4v) is 3.67. The fraction of sp³-hybridized carbons (Fsp3) is 0.190. The maximum absolute atomic E-state index is 12.2. The van der Waals surface area contributed by atoms with Gasteiger partial charge in [-0.3, -0.25) is 9.69 Å². The number of rotatable bonds is 6. The third-order valence-corrected chi connectivity index (χ3v) is 5.17. The molecule has 0 N–H and O–H groups in total. The first kappa shape index (κ1) is 20.0. The molecule has 0 spiro atoms. The van der Waals surface area contributed by atoms with E-state index in [1.54, 1.807) is 34.5 Å². The highest BCUT2D eigenvalue weighted by atomic mass is 35.5. The summed E-state index contributed by atoms with van der Waals surface area (Å²) in [5.41, 5.74) is 2.90. The number of benzene rings is 2. The zero-order valence-electron chi connectivity index (χ0n) is 15.5. The first-order valence-corrected chi connectivity index (χ1v) is 10.0. The normalized spacial score (nSPS) is 10.5. The summed E-state index contributed by atoms with van der Waals surface area (Å²) in [6.07, 6.45) is 0.930. The first-order chi connectivity index (χ1) is 13.5. The van der Waals surface area contributed by atoms with Crippen molar-refractivity contribution >= 4 is 45.6 Å². The molecule has 0 saturated carbocycles. The predicted molar refractivity (Wildman–Crippen MR) is 111 cm³/mol. The lowest BCUT2D eigenvalue weighted by atomic mass is 10.1. The van der Waals surface area contributed by atoms with Gasteiger partial charge in [0.25, 0.3) is 0 Å². The SMILES string of the molecule is CCc1ccc(N(C(C)=O)c2nc(COC(=O)c3cccc(Cl)c3)cs2)cc1. The van der Waals surface area contributed by atoms with Gasteiger partial charge in [-0.1, -0.05) is 36.7 Å². The first-order valence-electron chi connectivity index (χ1n) is 8.74. The molecule has 144 valence electrons. The number of hydrogen-bond acceptors (Lipinski definition) is 5. The highest BCUT2D eigenvalue weighted by Crippen LogP contribution is 2.29. The molecule has 0 saturated heterocycles. The lowest BCUT2D eigenvalue weighted by molar-refractivity contribution is -0.115. The molecule has 0 fully saturated rings. The van der Waals surface area contributed by atoms with E-state index in [-0.39, 0.29) is 12.5 Å². The number of nitrogens with zero attached hydrogens (tertiary/aromatic N) is 2. The summed E-state index contributed by atoms with van der Waals surface area (Å²) in [5, 5.41) is 2.78. The average molecular weight is 415 g/mol. The summed E-state index contributed by atoms with van der Waals surface area (Å²) in [6, 6.07) is 14.4. The smallest absolute Gasteiger partial charge is 0.338 e. The second kappa shape index (κ2) is 8.99. The van der Waals surface area contributed by atoms with Gasteiger partial charge in [0.1, 0.15) is 6.61 Å². The summed E-state index contributed by atoms with van der Waals surface area (Å²) >= 11 is 7.22. The van der Waals surface area contributed by atoms with Crippen LogP contribution >= 0.6 is 22.9 Å². The summed E-state index contributed by atoms with van der Waals surface area (Å²) < 4.78 is 5.30. The Morgan fingerprint density at radius 2 is 1.93 bits per heavy atom. The van der Waals surface area contributed by atoms with E-state index in [2.05, 4.69) is 11.9 Å². The van der Waals surface area contributed by atoms with E-state index in [1.165, 1.54) is 23.8 Å². The number of halogens is 1. The van der Waals surface area contributed by atoms with Gasteiger partial charge in [0.15, 0.2) is 5.13 Å². The molecule has 28 heavy (non-hydrogen) atoms. The van der Waals surface area contributed by atoms with E-state index in [0.717, 1.165) is 12.1 Å². The Hall–Kier alpha value is -2.70. The lowest BCUT2D eigenvalue weighted by Crippen LogP contribution is -2.22. The van der Waals surface area contributed by atoms with Crippen molar-refractivity contribution in [2.45, 2.75) is 26.9 Å². The Kier molecular flexibility index (Phi) is 6.44. The molecule has 2 aromatic carbocycles. The second-order valence-electron chi connectivity index (χ2n) is 6.08. The van der Waals surface area contributed by atoms with Gasteiger partial charge >= 0.3 is 5.97 Å². The van der Waals surface area contributed by atoms with Crippen molar-refractivity contribution < 1.29 is 14.3 Å². The van der Waals surface area contributed by atoms with Crippen LogP contribution in [-0.2, 0) is 22.6 Å². The Morgan fingerprint density at radius 1 is 1.18 bits per heavy atom. The van der Waals surface area contributed by atoms with Gasteiger partial charge in [0.2, 0.25) is 5.91 Å². The summed E-state index contributed by atoms with van der Waals surface area (Å²) in [4.78, 5) is 30.3. The summed E-state index contributed by atoms with van der Waals surface area (Å²) in [5.74, 6) is -0.614. The lowest BCUT2D eigenvalue weighted by Gasteiger charge is -2.18. The molecule has 5 nitrogen and oxygen atoms in total. The van der Waals surface area contributed by atoms with Crippen molar-refractivity contribution in [3.63, 3.8) is 0 Å². The van der Waals surface area contributed by atoms with Crippen molar-refractivity contribution in [3.8, 4) is 0 Å². The Balaban J connectivity index is 1.72. The predicted octanol–water partition coefficient (Wildman–Crippen LogP) is 5.40. The van der Waals surface area contributed by atoms with Gasteiger partial charge in [-0.2, -0.15) is 0 Å². The Morgan fingerprint density at radius 3 is 2.57 bits per heavy atom. The molecule has 0 aliphatic rings. The highest BCUT2D eigenvalue weighted by molar-refractivity contribution is 7.14. The van der Waals surface area contributed by atoms with Crippen molar-refractivity contribution in [2.75, 3.05) is 4.90 Å². The minimum Gasteiger partial charge on any atom is -0.456 e. The van der Waals surface area contributed by atoms with Gasteiger partial charge in [-0.15, -0.1) is 11.3 Å². The number of amides is 1. The van der Waals surface area contributed by atoms with Crippen LogP contribution in [0.5, 0.6) is 0 Å². The Labute approximate surface area is 172 Å². The van der Waals surface area contributed by atoms with Crippen LogP contribution < -0.4 is 4.90 Å². The monoisotopic (exact) mass is 414 g/mol. The quantitative estimate of drug-likeness (QED) is 0.506. The molecule has 7 heteroatoms. The molecule has 1 aromatic heterocycles. The van der Waals surface area contributed by atoms with Gasteiger partial charge in [-0.05, 0) is 42.3 Å². The van der Waals surface area contributed by atoms with Crippen LogP contribution in [0.2, 0.25) is 5.02 Å². The van der Waals surface area contributed by atoms with E-state index < -0.39 is 5.97 Å².